The van der Waals surface area contributed by atoms with Crippen LogP contribution in [0.25, 0.3) is 11.6 Å². The molecule has 0 spiro atoms. The van der Waals surface area contributed by atoms with E-state index < -0.39 is 10.2 Å². The van der Waals surface area contributed by atoms with Gasteiger partial charge in [0.2, 0.25) is 11.6 Å². The van der Waals surface area contributed by atoms with E-state index in [1.807, 2.05) is 0 Å². The zero-order chi connectivity index (χ0) is 25.5. The summed E-state index contributed by atoms with van der Waals surface area (Å²) in [6.45, 7) is 0.00942. The van der Waals surface area contributed by atoms with Crippen LogP contribution in [0.5, 0.6) is 23.0 Å². The lowest BCUT2D eigenvalue weighted by Crippen LogP contribution is -2.30. The van der Waals surface area contributed by atoms with Crippen LogP contribution in [0.3, 0.4) is 0 Å². The third-order valence-corrected chi connectivity index (χ3v) is 5.97. The number of halogens is 1. The summed E-state index contributed by atoms with van der Waals surface area (Å²) in [4.78, 5) is 16.7. The number of hydrogen-bond donors (Lipinski definition) is 2. The molecule has 0 atom stereocenters. The molecule has 2 aromatic heterocycles. The van der Waals surface area contributed by atoms with E-state index >= 15 is 0 Å². The van der Waals surface area contributed by atoms with Crippen LogP contribution in [-0.2, 0) is 16.8 Å². The molecular formula is C23H21ClN6O5S. The van der Waals surface area contributed by atoms with E-state index in [4.69, 9.17) is 25.8 Å². The normalized spacial score (nSPS) is 11.1. The van der Waals surface area contributed by atoms with E-state index in [-0.39, 0.29) is 40.7 Å². The first kappa shape index (κ1) is 25.1. The Hall–Kier alpha value is -4.00. The minimum Gasteiger partial charge on any atom is -0.497 e. The average molecular weight is 529 g/mol. The molecule has 2 heterocycles. The number of aromatic nitrogens is 4. The Labute approximate surface area is 212 Å². The third kappa shape index (κ3) is 6.16. The maximum atomic E-state index is 12.9. The van der Waals surface area contributed by atoms with Gasteiger partial charge in [-0.05, 0) is 35.9 Å². The van der Waals surface area contributed by atoms with Crippen LogP contribution in [-0.4, -0.2) is 42.6 Å². The lowest BCUT2D eigenvalue weighted by molar-refractivity contribution is 0.378. The molecule has 11 nitrogen and oxygen atoms in total. The van der Waals surface area contributed by atoms with Crippen LogP contribution >= 0.6 is 11.6 Å². The van der Waals surface area contributed by atoms with Gasteiger partial charge >= 0.3 is 10.2 Å². The number of ether oxygens (including phenoxy) is 3. The summed E-state index contributed by atoms with van der Waals surface area (Å²) in [6, 6.07) is 15.3. The summed E-state index contributed by atoms with van der Waals surface area (Å²) in [5, 5.41) is -0.161. The quantitative estimate of drug-likeness (QED) is 0.294. The Morgan fingerprint density at radius 2 is 1.56 bits per heavy atom. The van der Waals surface area contributed by atoms with Gasteiger partial charge in [-0.25, -0.2) is 19.9 Å². The van der Waals surface area contributed by atoms with Crippen LogP contribution in [0.2, 0.25) is 5.15 Å². The highest BCUT2D eigenvalue weighted by molar-refractivity contribution is 7.90. The summed E-state index contributed by atoms with van der Waals surface area (Å²) >= 11 is 6.42. The number of anilines is 1. The molecule has 0 saturated carbocycles. The number of nitrogens with zero attached hydrogens (tertiary/aromatic N) is 4. The minimum atomic E-state index is -4.13. The van der Waals surface area contributed by atoms with Crippen LogP contribution in [0.1, 0.15) is 5.56 Å². The molecule has 4 rings (SSSR count). The first-order chi connectivity index (χ1) is 17.4. The second-order valence-corrected chi connectivity index (χ2v) is 8.97. The van der Waals surface area contributed by atoms with Crippen molar-refractivity contribution in [3.63, 3.8) is 0 Å². The van der Waals surface area contributed by atoms with Crippen LogP contribution < -0.4 is 23.7 Å². The molecule has 186 valence electrons. The molecule has 0 saturated heterocycles. The highest BCUT2D eigenvalue weighted by Gasteiger charge is 2.23. The number of hydrogen-bond acceptors (Lipinski definition) is 9. The van der Waals surface area contributed by atoms with Gasteiger partial charge in [-0.1, -0.05) is 35.9 Å². The predicted molar refractivity (Wildman–Crippen MR) is 134 cm³/mol. The number of methoxy groups -OCH3 is 2. The van der Waals surface area contributed by atoms with Crippen molar-refractivity contribution >= 4 is 27.6 Å². The number of para-hydroxylation sites is 2. The maximum absolute atomic E-state index is 12.9. The molecule has 0 unspecified atom stereocenters. The topological polar surface area (TPSA) is 137 Å². The fraction of sp³-hybridized carbons (Fsp3) is 0.130. The first-order valence-corrected chi connectivity index (χ1v) is 12.3. The van der Waals surface area contributed by atoms with E-state index in [1.165, 1.54) is 19.5 Å². The molecule has 2 N–H and O–H groups in total. The van der Waals surface area contributed by atoms with Gasteiger partial charge in [0.25, 0.3) is 0 Å². The zero-order valence-corrected chi connectivity index (χ0v) is 20.7. The van der Waals surface area contributed by atoms with Crippen molar-refractivity contribution < 1.29 is 22.6 Å². The molecule has 0 radical (unpaired) electrons. The predicted octanol–water partition coefficient (Wildman–Crippen LogP) is 3.84. The van der Waals surface area contributed by atoms with Gasteiger partial charge in [0, 0.05) is 18.9 Å². The summed E-state index contributed by atoms with van der Waals surface area (Å²) in [5.74, 6) is 1.14. The molecule has 2 aromatic carbocycles. The van der Waals surface area contributed by atoms with E-state index in [9.17, 15) is 8.42 Å². The molecule has 0 aliphatic heterocycles. The van der Waals surface area contributed by atoms with E-state index in [0.717, 1.165) is 0 Å². The van der Waals surface area contributed by atoms with Crippen molar-refractivity contribution in [1.82, 2.24) is 24.7 Å². The van der Waals surface area contributed by atoms with Gasteiger partial charge < -0.3 is 14.2 Å². The van der Waals surface area contributed by atoms with Crippen molar-refractivity contribution in [1.29, 1.82) is 0 Å². The Kier molecular flexibility index (Phi) is 7.78. The van der Waals surface area contributed by atoms with Gasteiger partial charge in [-0.2, -0.15) is 13.1 Å². The number of rotatable bonds is 10. The maximum Gasteiger partial charge on any atom is 0.300 e. The average Bonchev–Trinajstić information content (AvgIpc) is 2.90. The van der Waals surface area contributed by atoms with Crippen molar-refractivity contribution in [2.75, 3.05) is 18.9 Å². The largest absolute Gasteiger partial charge is 0.497 e. The minimum absolute atomic E-state index is 0.000770. The second kappa shape index (κ2) is 11.2. The number of benzene rings is 2. The zero-order valence-electron chi connectivity index (χ0n) is 19.2. The molecule has 0 aliphatic carbocycles. The lowest BCUT2D eigenvalue weighted by Gasteiger charge is -2.16. The van der Waals surface area contributed by atoms with Gasteiger partial charge in [0.05, 0.1) is 14.2 Å². The van der Waals surface area contributed by atoms with Crippen molar-refractivity contribution in [3.8, 4) is 34.6 Å². The van der Waals surface area contributed by atoms with Crippen molar-refractivity contribution in [2.24, 2.45) is 0 Å². The molecule has 0 amide bonds. The second-order valence-electron chi connectivity index (χ2n) is 7.12. The van der Waals surface area contributed by atoms with Crippen LogP contribution in [0.15, 0.2) is 67.0 Å². The Morgan fingerprint density at radius 1 is 0.861 bits per heavy atom. The van der Waals surface area contributed by atoms with Crippen molar-refractivity contribution in [2.45, 2.75) is 6.54 Å². The smallest absolute Gasteiger partial charge is 0.300 e. The molecule has 4 aromatic rings. The van der Waals surface area contributed by atoms with E-state index in [2.05, 4.69) is 29.4 Å². The molecular weight excluding hydrogens is 508 g/mol. The van der Waals surface area contributed by atoms with E-state index in [0.29, 0.717) is 17.1 Å². The fourth-order valence-electron chi connectivity index (χ4n) is 3.00. The fourth-order valence-corrected chi connectivity index (χ4v) is 4.03. The summed E-state index contributed by atoms with van der Waals surface area (Å²) in [6.07, 6.45) is 3.00. The summed E-state index contributed by atoms with van der Waals surface area (Å²) in [5.41, 5.74) is 0.714. The monoisotopic (exact) mass is 528 g/mol. The summed E-state index contributed by atoms with van der Waals surface area (Å²) < 4.78 is 47.0. The highest BCUT2D eigenvalue weighted by atomic mass is 35.5. The third-order valence-electron chi connectivity index (χ3n) is 4.73. The van der Waals surface area contributed by atoms with Crippen LogP contribution in [0, 0.1) is 0 Å². The Balaban J connectivity index is 1.66. The van der Waals surface area contributed by atoms with Crippen LogP contribution in [0.4, 0.5) is 5.82 Å². The van der Waals surface area contributed by atoms with Gasteiger partial charge in [0.15, 0.2) is 28.3 Å². The molecule has 36 heavy (non-hydrogen) atoms. The Morgan fingerprint density at radius 3 is 2.22 bits per heavy atom. The van der Waals surface area contributed by atoms with Crippen molar-refractivity contribution in [3.05, 3.63) is 77.7 Å². The van der Waals surface area contributed by atoms with E-state index in [1.54, 1.807) is 61.7 Å². The first-order valence-electron chi connectivity index (χ1n) is 10.4. The summed E-state index contributed by atoms with van der Waals surface area (Å²) in [7, 11) is -1.10. The molecule has 0 bridgehead atoms. The molecule has 13 heteroatoms. The lowest BCUT2D eigenvalue weighted by atomic mass is 10.2. The highest BCUT2D eigenvalue weighted by Crippen LogP contribution is 2.39. The standard InChI is InChI=1S/C23H21ClN6O5S/c1-33-16-10-8-15(9-11-16)14-27-36(31,32)30-21-19(35-18-7-4-3-6-17(18)34-2)20(24)28-23(29-21)22-25-12-5-13-26-22/h3-13,27H,14H2,1-2H3,(H,28,29,30). The molecule has 0 aliphatic rings. The van der Waals surface area contributed by atoms with Gasteiger partial charge in [0.1, 0.15) is 5.75 Å². The van der Waals surface area contributed by atoms with Gasteiger partial charge in [-0.3, -0.25) is 4.72 Å². The SMILES string of the molecule is COc1ccc(CNS(=O)(=O)Nc2nc(-c3ncccn3)nc(Cl)c2Oc2ccccc2OC)cc1. The number of nitrogens with one attached hydrogen (secondary N) is 2. The molecule has 0 fully saturated rings. The van der Waals surface area contributed by atoms with Gasteiger partial charge in [-0.15, -0.1) is 0 Å². The Bertz CT molecular complexity index is 1440.